The Morgan fingerprint density at radius 2 is 2.18 bits per heavy atom. The Balaban J connectivity index is 2.16. The SMILES string of the molecule is Cc1ccc(CC(N)c2cnccn2)c(Cl)c1. The maximum absolute atomic E-state index is 6.17. The summed E-state index contributed by atoms with van der Waals surface area (Å²) in [6, 6.07) is 5.81. The molecule has 2 N–H and O–H groups in total. The number of benzene rings is 1. The van der Waals surface area contributed by atoms with Crippen LogP contribution in [-0.4, -0.2) is 9.97 Å². The van der Waals surface area contributed by atoms with Crippen molar-refractivity contribution in [2.24, 2.45) is 5.73 Å². The number of aromatic nitrogens is 2. The first-order valence-corrected chi connectivity index (χ1v) is 5.81. The van der Waals surface area contributed by atoms with Gasteiger partial charge >= 0.3 is 0 Å². The number of aryl methyl sites for hydroxylation is 1. The van der Waals surface area contributed by atoms with Gasteiger partial charge in [0.1, 0.15) is 0 Å². The molecule has 0 aliphatic heterocycles. The molecule has 0 aliphatic carbocycles. The fourth-order valence-electron chi connectivity index (χ4n) is 1.66. The normalized spacial score (nSPS) is 12.4. The highest BCUT2D eigenvalue weighted by Gasteiger charge is 2.10. The molecule has 1 unspecified atom stereocenters. The minimum atomic E-state index is -0.177. The number of rotatable bonds is 3. The van der Waals surface area contributed by atoms with Crippen LogP contribution < -0.4 is 5.73 Å². The number of halogens is 1. The summed E-state index contributed by atoms with van der Waals surface area (Å²) < 4.78 is 0. The van der Waals surface area contributed by atoms with Gasteiger partial charge in [-0.15, -0.1) is 0 Å². The van der Waals surface area contributed by atoms with E-state index in [0.29, 0.717) is 6.42 Å². The molecule has 1 aromatic heterocycles. The Kier molecular flexibility index (Phi) is 3.71. The van der Waals surface area contributed by atoms with Crippen LogP contribution in [0, 0.1) is 6.92 Å². The molecule has 88 valence electrons. The van der Waals surface area contributed by atoms with Gasteiger partial charge in [0.25, 0.3) is 0 Å². The molecule has 1 heterocycles. The van der Waals surface area contributed by atoms with Crippen LogP contribution in [-0.2, 0) is 6.42 Å². The molecule has 0 fully saturated rings. The predicted octanol–water partition coefficient (Wildman–Crippen LogP) is 2.68. The lowest BCUT2D eigenvalue weighted by Gasteiger charge is -2.12. The molecule has 17 heavy (non-hydrogen) atoms. The molecule has 3 nitrogen and oxygen atoms in total. The molecule has 0 bridgehead atoms. The van der Waals surface area contributed by atoms with Gasteiger partial charge in [0, 0.05) is 23.6 Å². The van der Waals surface area contributed by atoms with E-state index in [0.717, 1.165) is 21.8 Å². The summed E-state index contributed by atoms with van der Waals surface area (Å²) in [4.78, 5) is 8.20. The van der Waals surface area contributed by atoms with E-state index < -0.39 is 0 Å². The van der Waals surface area contributed by atoms with Crippen molar-refractivity contribution in [1.29, 1.82) is 0 Å². The number of hydrogen-bond acceptors (Lipinski definition) is 3. The van der Waals surface area contributed by atoms with Gasteiger partial charge in [-0.1, -0.05) is 23.7 Å². The Bertz CT molecular complexity index is 499. The summed E-state index contributed by atoms with van der Waals surface area (Å²) in [5.74, 6) is 0. The van der Waals surface area contributed by atoms with E-state index in [1.807, 2.05) is 25.1 Å². The van der Waals surface area contributed by atoms with Gasteiger partial charge in [-0.25, -0.2) is 0 Å². The maximum atomic E-state index is 6.17. The molecule has 4 heteroatoms. The van der Waals surface area contributed by atoms with Crippen LogP contribution in [0.5, 0.6) is 0 Å². The van der Waals surface area contributed by atoms with Crippen LogP contribution in [0.2, 0.25) is 5.02 Å². The Morgan fingerprint density at radius 3 is 2.82 bits per heavy atom. The van der Waals surface area contributed by atoms with Gasteiger partial charge in [0.2, 0.25) is 0 Å². The molecule has 1 aromatic carbocycles. The highest BCUT2D eigenvalue weighted by Crippen LogP contribution is 2.22. The quantitative estimate of drug-likeness (QED) is 0.907. The third kappa shape index (κ3) is 3.02. The zero-order chi connectivity index (χ0) is 12.3. The molecule has 0 aliphatic rings. The minimum Gasteiger partial charge on any atom is -0.322 e. The zero-order valence-electron chi connectivity index (χ0n) is 9.60. The second kappa shape index (κ2) is 5.25. The van der Waals surface area contributed by atoms with Crippen molar-refractivity contribution in [3.8, 4) is 0 Å². The molecule has 1 atom stereocenters. The number of nitrogens with zero attached hydrogens (tertiary/aromatic N) is 2. The van der Waals surface area contributed by atoms with Gasteiger partial charge < -0.3 is 5.73 Å². The molecule has 0 radical (unpaired) electrons. The lowest BCUT2D eigenvalue weighted by molar-refractivity contribution is 0.691. The largest absolute Gasteiger partial charge is 0.322 e. The Hall–Kier alpha value is -1.45. The maximum Gasteiger partial charge on any atom is 0.0757 e. The van der Waals surface area contributed by atoms with Gasteiger partial charge in [0.05, 0.1) is 11.7 Å². The van der Waals surface area contributed by atoms with Crippen LogP contribution in [0.25, 0.3) is 0 Å². The standard InChI is InChI=1S/C13H14ClN3/c1-9-2-3-10(11(14)6-9)7-12(15)13-8-16-4-5-17-13/h2-6,8,12H,7,15H2,1H3. The van der Waals surface area contributed by atoms with Crippen molar-refractivity contribution in [3.05, 3.63) is 58.6 Å². The average molecular weight is 248 g/mol. The summed E-state index contributed by atoms with van der Waals surface area (Å²) in [7, 11) is 0. The zero-order valence-corrected chi connectivity index (χ0v) is 10.4. The summed E-state index contributed by atoms with van der Waals surface area (Å²) in [6.45, 7) is 2.01. The van der Waals surface area contributed by atoms with E-state index in [-0.39, 0.29) is 6.04 Å². The van der Waals surface area contributed by atoms with Crippen molar-refractivity contribution in [2.75, 3.05) is 0 Å². The topological polar surface area (TPSA) is 51.8 Å². The van der Waals surface area contributed by atoms with Gasteiger partial charge in [0.15, 0.2) is 0 Å². The summed E-state index contributed by atoms with van der Waals surface area (Å²) in [5.41, 5.74) is 9.04. The third-order valence-electron chi connectivity index (χ3n) is 2.61. The molecule has 2 aromatic rings. The predicted molar refractivity (Wildman–Crippen MR) is 68.9 cm³/mol. The van der Waals surface area contributed by atoms with E-state index in [9.17, 15) is 0 Å². The number of nitrogens with two attached hydrogens (primary N) is 1. The fraction of sp³-hybridized carbons (Fsp3) is 0.231. The molecular formula is C13H14ClN3. The molecule has 0 spiro atoms. The first-order chi connectivity index (χ1) is 8.16. The van der Waals surface area contributed by atoms with Crippen LogP contribution in [0.4, 0.5) is 0 Å². The lowest BCUT2D eigenvalue weighted by Crippen LogP contribution is -2.15. The monoisotopic (exact) mass is 247 g/mol. The van der Waals surface area contributed by atoms with E-state index in [4.69, 9.17) is 17.3 Å². The van der Waals surface area contributed by atoms with Crippen molar-refractivity contribution in [1.82, 2.24) is 9.97 Å². The van der Waals surface area contributed by atoms with Crippen LogP contribution in [0.15, 0.2) is 36.8 Å². The first-order valence-electron chi connectivity index (χ1n) is 5.43. The summed E-state index contributed by atoms with van der Waals surface area (Å²) in [5, 5.41) is 0.754. The smallest absolute Gasteiger partial charge is 0.0757 e. The lowest BCUT2D eigenvalue weighted by atomic mass is 10.0. The van der Waals surface area contributed by atoms with E-state index in [1.54, 1.807) is 18.6 Å². The minimum absolute atomic E-state index is 0.177. The van der Waals surface area contributed by atoms with Gasteiger partial charge in [-0.2, -0.15) is 0 Å². The van der Waals surface area contributed by atoms with E-state index >= 15 is 0 Å². The van der Waals surface area contributed by atoms with E-state index in [1.165, 1.54) is 0 Å². The molecule has 0 amide bonds. The van der Waals surface area contributed by atoms with Crippen LogP contribution in [0.1, 0.15) is 22.9 Å². The Morgan fingerprint density at radius 1 is 1.35 bits per heavy atom. The molecule has 0 saturated heterocycles. The number of hydrogen-bond donors (Lipinski definition) is 1. The van der Waals surface area contributed by atoms with Gasteiger partial charge in [-0.05, 0) is 30.5 Å². The molecule has 2 rings (SSSR count). The molecule has 0 saturated carbocycles. The van der Waals surface area contributed by atoms with Crippen molar-refractivity contribution < 1.29 is 0 Å². The van der Waals surface area contributed by atoms with Crippen molar-refractivity contribution in [2.45, 2.75) is 19.4 Å². The van der Waals surface area contributed by atoms with Gasteiger partial charge in [-0.3, -0.25) is 9.97 Å². The average Bonchev–Trinajstić information content (AvgIpc) is 2.34. The van der Waals surface area contributed by atoms with E-state index in [2.05, 4.69) is 9.97 Å². The van der Waals surface area contributed by atoms with Crippen molar-refractivity contribution in [3.63, 3.8) is 0 Å². The third-order valence-corrected chi connectivity index (χ3v) is 2.96. The second-order valence-electron chi connectivity index (χ2n) is 4.04. The highest BCUT2D eigenvalue weighted by molar-refractivity contribution is 6.31. The first kappa shape index (κ1) is 12.0. The second-order valence-corrected chi connectivity index (χ2v) is 4.44. The van der Waals surface area contributed by atoms with Crippen LogP contribution in [0.3, 0.4) is 0 Å². The molecular weight excluding hydrogens is 234 g/mol. The summed E-state index contributed by atoms with van der Waals surface area (Å²) >= 11 is 6.17. The highest BCUT2D eigenvalue weighted by atomic mass is 35.5. The van der Waals surface area contributed by atoms with Crippen LogP contribution >= 0.6 is 11.6 Å². The Labute approximate surface area is 106 Å². The van der Waals surface area contributed by atoms with Crippen molar-refractivity contribution >= 4 is 11.6 Å². The fourth-order valence-corrected chi connectivity index (χ4v) is 1.97. The summed E-state index contributed by atoms with van der Waals surface area (Å²) in [6.07, 6.45) is 5.63.